The SMILES string of the molecule is C=C(C)/C=C\C(=C(C)C)N(C)C(=C)c1ccc(C)cc1. The lowest BCUT2D eigenvalue weighted by Gasteiger charge is -2.25. The molecule has 0 spiro atoms. The minimum Gasteiger partial charge on any atom is -0.345 e. The molecule has 1 rings (SSSR count). The highest BCUT2D eigenvalue weighted by Crippen LogP contribution is 2.23. The number of rotatable bonds is 5. The minimum absolute atomic E-state index is 0.993. The van der Waals surface area contributed by atoms with Gasteiger partial charge in [-0.15, -0.1) is 0 Å². The second-order valence-electron chi connectivity index (χ2n) is 5.44. The van der Waals surface area contributed by atoms with Crippen LogP contribution < -0.4 is 0 Å². The Morgan fingerprint density at radius 2 is 1.55 bits per heavy atom. The summed E-state index contributed by atoms with van der Waals surface area (Å²) in [7, 11) is 2.05. The van der Waals surface area contributed by atoms with Gasteiger partial charge in [0.1, 0.15) is 0 Å². The molecule has 0 heterocycles. The maximum atomic E-state index is 4.22. The Kier molecular flexibility index (Phi) is 5.57. The van der Waals surface area contributed by atoms with Gasteiger partial charge in [0.25, 0.3) is 0 Å². The van der Waals surface area contributed by atoms with Gasteiger partial charge >= 0.3 is 0 Å². The first-order valence-electron chi connectivity index (χ1n) is 6.83. The van der Waals surface area contributed by atoms with E-state index in [2.05, 4.69) is 69.2 Å². The molecule has 106 valence electrons. The third-order valence-electron chi connectivity index (χ3n) is 3.19. The molecule has 0 amide bonds. The van der Waals surface area contributed by atoms with E-state index < -0.39 is 0 Å². The maximum Gasteiger partial charge on any atom is 0.0408 e. The van der Waals surface area contributed by atoms with Crippen LogP contribution >= 0.6 is 0 Å². The highest BCUT2D eigenvalue weighted by atomic mass is 15.1. The fourth-order valence-electron chi connectivity index (χ4n) is 1.92. The first kappa shape index (κ1) is 16.0. The molecule has 20 heavy (non-hydrogen) atoms. The fraction of sp³-hybridized carbons (Fsp3) is 0.263. The molecule has 0 saturated heterocycles. The smallest absolute Gasteiger partial charge is 0.0408 e. The number of hydrogen-bond donors (Lipinski definition) is 0. The summed E-state index contributed by atoms with van der Waals surface area (Å²) in [6.45, 7) is 16.4. The normalized spacial score (nSPS) is 10.4. The summed E-state index contributed by atoms with van der Waals surface area (Å²) >= 11 is 0. The Morgan fingerprint density at radius 3 is 2.00 bits per heavy atom. The van der Waals surface area contributed by atoms with Crippen LogP contribution in [0.2, 0.25) is 0 Å². The zero-order valence-corrected chi connectivity index (χ0v) is 13.3. The highest BCUT2D eigenvalue weighted by Gasteiger charge is 2.09. The first-order chi connectivity index (χ1) is 9.32. The second kappa shape index (κ2) is 6.95. The lowest BCUT2D eigenvalue weighted by Crippen LogP contribution is -2.15. The number of aryl methyl sites for hydroxylation is 1. The largest absolute Gasteiger partial charge is 0.345 e. The van der Waals surface area contributed by atoms with E-state index in [1.54, 1.807) is 0 Å². The van der Waals surface area contributed by atoms with Crippen molar-refractivity contribution in [3.8, 4) is 0 Å². The lowest BCUT2D eigenvalue weighted by atomic mass is 10.1. The Hall–Kier alpha value is -2.02. The summed E-state index contributed by atoms with van der Waals surface area (Å²) in [5.41, 5.74) is 6.83. The predicted molar refractivity (Wildman–Crippen MR) is 90.3 cm³/mol. The Labute approximate surface area is 123 Å². The van der Waals surface area contributed by atoms with E-state index in [1.165, 1.54) is 11.1 Å². The minimum atomic E-state index is 0.993. The van der Waals surface area contributed by atoms with Crippen molar-refractivity contribution in [3.05, 3.63) is 77.5 Å². The molecule has 0 fully saturated rings. The first-order valence-corrected chi connectivity index (χ1v) is 6.83. The van der Waals surface area contributed by atoms with Crippen molar-refractivity contribution in [2.75, 3.05) is 7.05 Å². The second-order valence-corrected chi connectivity index (χ2v) is 5.44. The van der Waals surface area contributed by atoms with Gasteiger partial charge in [-0.05, 0) is 39.3 Å². The van der Waals surface area contributed by atoms with Crippen LogP contribution in [0.4, 0.5) is 0 Å². The van der Waals surface area contributed by atoms with E-state index in [4.69, 9.17) is 0 Å². The van der Waals surface area contributed by atoms with Gasteiger partial charge in [0.15, 0.2) is 0 Å². The van der Waals surface area contributed by atoms with Gasteiger partial charge in [0.05, 0.1) is 0 Å². The molecular weight excluding hydrogens is 242 g/mol. The Morgan fingerprint density at radius 1 is 1.00 bits per heavy atom. The molecule has 1 nitrogen and oxygen atoms in total. The summed E-state index contributed by atoms with van der Waals surface area (Å²) in [4.78, 5) is 2.12. The Balaban J connectivity index is 3.04. The molecule has 1 heteroatoms. The van der Waals surface area contributed by atoms with Gasteiger partial charge in [-0.3, -0.25) is 0 Å². The number of hydrogen-bond acceptors (Lipinski definition) is 1. The van der Waals surface area contributed by atoms with Gasteiger partial charge in [0.2, 0.25) is 0 Å². The molecule has 0 N–H and O–H groups in total. The predicted octanol–water partition coefficient (Wildman–Crippen LogP) is 5.32. The standard InChI is InChI=1S/C19H25N/c1-14(2)8-13-19(15(3)4)20(7)17(6)18-11-9-16(5)10-12-18/h8-13H,1,6H2,2-5,7H3/b13-8-. The zero-order valence-electron chi connectivity index (χ0n) is 13.3. The van der Waals surface area contributed by atoms with Crippen LogP contribution in [0.5, 0.6) is 0 Å². The van der Waals surface area contributed by atoms with E-state index in [0.717, 1.165) is 22.5 Å². The summed E-state index contributed by atoms with van der Waals surface area (Å²) < 4.78 is 0. The van der Waals surface area contributed by atoms with Crippen molar-refractivity contribution in [1.29, 1.82) is 0 Å². The molecule has 0 aliphatic rings. The van der Waals surface area contributed by atoms with E-state index in [0.29, 0.717) is 0 Å². The van der Waals surface area contributed by atoms with Crippen molar-refractivity contribution in [1.82, 2.24) is 4.90 Å². The fourth-order valence-corrected chi connectivity index (χ4v) is 1.92. The van der Waals surface area contributed by atoms with Crippen LogP contribution in [0.3, 0.4) is 0 Å². The molecular formula is C19H25N. The van der Waals surface area contributed by atoms with Crippen molar-refractivity contribution in [3.63, 3.8) is 0 Å². The van der Waals surface area contributed by atoms with Crippen molar-refractivity contribution in [2.45, 2.75) is 27.7 Å². The van der Waals surface area contributed by atoms with E-state index in [1.807, 2.05) is 20.0 Å². The van der Waals surface area contributed by atoms with E-state index in [9.17, 15) is 0 Å². The lowest BCUT2D eigenvalue weighted by molar-refractivity contribution is 0.609. The summed E-state index contributed by atoms with van der Waals surface area (Å²) in [5, 5.41) is 0. The van der Waals surface area contributed by atoms with E-state index >= 15 is 0 Å². The molecule has 0 aliphatic carbocycles. The average Bonchev–Trinajstić information content (AvgIpc) is 2.38. The molecule has 0 bridgehead atoms. The summed E-state index contributed by atoms with van der Waals surface area (Å²) in [5.74, 6) is 0. The van der Waals surface area contributed by atoms with Crippen LogP contribution in [0.25, 0.3) is 5.70 Å². The van der Waals surface area contributed by atoms with Crippen molar-refractivity contribution >= 4 is 5.70 Å². The van der Waals surface area contributed by atoms with Crippen LogP contribution in [-0.2, 0) is 0 Å². The molecule has 0 atom stereocenters. The van der Waals surface area contributed by atoms with Crippen LogP contribution in [0.1, 0.15) is 31.9 Å². The third-order valence-corrected chi connectivity index (χ3v) is 3.19. The molecule has 0 saturated carbocycles. The van der Waals surface area contributed by atoms with Crippen LogP contribution in [0, 0.1) is 6.92 Å². The summed E-state index contributed by atoms with van der Waals surface area (Å²) in [6.07, 6.45) is 4.12. The molecule has 0 aromatic heterocycles. The van der Waals surface area contributed by atoms with Gasteiger partial charge in [-0.25, -0.2) is 0 Å². The topological polar surface area (TPSA) is 3.24 Å². The van der Waals surface area contributed by atoms with Gasteiger partial charge in [-0.1, -0.05) is 60.2 Å². The van der Waals surface area contributed by atoms with Gasteiger partial charge in [0, 0.05) is 18.4 Å². The number of nitrogens with zero attached hydrogens (tertiary/aromatic N) is 1. The summed E-state index contributed by atoms with van der Waals surface area (Å²) in [6, 6.07) is 8.44. The average molecular weight is 267 g/mol. The van der Waals surface area contributed by atoms with E-state index in [-0.39, 0.29) is 0 Å². The Bertz CT molecular complexity index is 552. The number of benzene rings is 1. The molecule has 0 radical (unpaired) electrons. The van der Waals surface area contributed by atoms with Crippen LogP contribution in [0.15, 0.2) is 66.4 Å². The number of likely N-dealkylation sites (N-methyl/N-ethyl adjacent to an activating group) is 1. The molecule has 0 aliphatic heterocycles. The van der Waals surface area contributed by atoms with Crippen molar-refractivity contribution < 1.29 is 0 Å². The molecule has 1 aromatic carbocycles. The molecule has 0 unspecified atom stereocenters. The van der Waals surface area contributed by atoms with Gasteiger partial charge < -0.3 is 4.90 Å². The monoisotopic (exact) mass is 267 g/mol. The zero-order chi connectivity index (χ0) is 15.3. The third kappa shape index (κ3) is 4.27. The van der Waals surface area contributed by atoms with Crippen molar-refractivity contribution in [2.24, 2.45) is 0 Å². The maximum absolute atomic E-state index is 4.22. The number of allylic oxidation sites excluding steroid dienone is 4. The molecule has 1 aromatic rings. The van der Waals surface area contributed by atoms with Gasteiger partial charge in [-0.2, -0.15) is 0 Å². The quantitative estimate of drug-likeness (QED) is 0.652. The van der Waals surface area contributed by atoms with Crippen LogP contribution in [-0.4, -0.2) is 11.9 Å². The highest BCUT2D eigenvalue weighted by molar-refractivity contribution is 5.64.